The SMILES string of the molecule is CCC(=O)OCC(=O)[C@@]1(OC(=O)COC)CC[C@H]2[C@@H]3C[C@H](C)C4=CC(=O)C=C[C@]4(C)[C@H]3[C@@H](O)C[C@@]21C. The van der Waals surface area contributed by atoms with E-state index in [2.05, 4.69) is 13.8 Å². The lowest BCUT2D eigenvalue weighted by Gasteiger charge is -2.61. The first-order valence-electron chi connectivity index (χ1n) is 13.0. The number of Topliss-reactive ketones (excluding diaryl/α,β-unsaturated/α-hetero) is 1. The molecule has 0 aliphatic heterocycles. The van der Waals surface area contributed by atoms with Crippen molar-refractivity contribution in [2.75, 3.05) is 20.3 Å². The van der Waals surface area contributed by atoms with Gasteiger partial charge in [-0.15, -0.1) is 0 Å². The molecule has 36 heavy (non-hydrogen) atoms. The maximum absolute atomic E-state index is 13.7. The van der Waals surface area contributed by atoms with Crippen molar-refractivity contribution >= 4 is 23.5 Å². The third kappa shape index (κ3) is 3.97. The first-order valence-corrected chi connectivity index (χ1v) is 13.0. The minimum absolute atomic E-state index is 0.000996. The number of ether oxygens (including phenoxy) is 3. The van der Waals surface area contributed by atoms with Crippen LogP contribution in [0.15, 0.2) is 23.8 Å². The number of aliphatic hydroxyl groups is 1. The van der Waals surface area contributed by atoms with Gasteiger partial charge in [0.2, 0.25) is 5.78 Å². The number of rotatable bonds is 7. The number of allylic oxidation sites excluding steroid dienone is 4. The highest BCUT2D eigenvalue weighted by Gasteiger charge is 2.70. The van der Waals surface area contributed by atoms with Crippen molar-refractivity contribution in [3.8, 4) is 0 Å². The Balaban J connectivity index is 1.73. The van der Waals surface area contributed by atoms with E-state index in [9.17, 15) is 24.3 Å². The minimum Gasteiger partial charge on any atom is -0.457 e. The monoisotopic (exact) mass is 502 g/mol. The van der Waals surface area contributed by atoms with Crippen molar-refractivity contribution in [3.63, 3.8) is 0 Å². The molecule has 198 valence electrons. The third-order valence-corrected chi connectivity index (χ3v) is 9.59. The molecule has 4 aliphatic carbocycles. The van der Waals surface area contributed by atoms with Gasteiger partial charge in [-0.25, -0.2) is 4.79 Å². The molecule has 0 aromatic carbocycles. The number of ketones is 2. The lowest BCUT2D eigenvalue weighted by molar-refractivity contribution is -0.204. The number of hydrogen-bond acceptors (Lipinski definition) is 8. The van der Waals surface area contributed by atoms with Crippen LogP contribution in [0.1, 0.15) is 59.8 Å². The molecule has 4 rings (SSSR count). The average molecular weight is 503 g/mol. The Morgan fingerprint density at radius 1 is 1.17 bits per heavy atom. The van der Waals surface area contributed by atoms with Crippen LogP contribution >= 0.6 is 0 Å². The second kappa shape index (κ2) is 9.53. The van der Waals surface area contributed by atoms with Crippen LogP contribution in [-0.4, -0.2) is 60.6 Å². The summed E-state index contributed by atoms with van der Waals surface area (Å²) in [5.41, 5.74) is -1.78. The van der Waals surface area contributed by atoms with Gasteiger partial charge in [0.05, 0.1) is 6.10 Å². The van der Waals surface area contributed by atoms with E-state index < -0.39 is 46.9 Å². The predicted octanol–water partition coefficient (Wildman–Crippen LogP) is 2.96. The molecule has 8 heteroatoms. The standard InChI is InChI=1S/C28H38O8/c1-6-23(32)35-14-22(31)28(36-24(33)15-34-5)10-8-19-18-11-16(2)20-12-17(29)7-9-26(20,3)25(18)21(30)13-27(19,28)4/h7,9,12,16,18-19,21,25,30H,6,8,10-11,13-15H2,1-5H3/t16-,18-,19-,21-,25+,26-,27-,28-/m0/s1. The van der Waals surface area contributed by atoms with Crippen molar-refractivity contribution < 1.29 is 38.5 Å². The van der Waals surface area contributed by atoms with E-state index in [1.807, 2.05) is 13.0 Å². The van der Waals surface area contributed by atoms with Gasteiger partial charge in [0.1, 0.15) is 6.61 Å². The number of carbonyl (C=O) groups is 4. The summed E-state index contributed by atoms with van der Waals surface area (Å²) in [6, 6.07) is 0. The number of esters is 2. The molecule has 0 aromatic heterocycles. The van der Waals surface area contributed by atoms with Gasteiger partial charge in [-0.3, -0.25) is 14.4 Å². The van der Waals surface area contributed by atoms with E-state index in [1.165, 1.54) is 7.11 Å². The van der Waals surface area contributed by atoms with Gasteiger partial charge in [-0.1, -0.05) is 39.3 Å². The highest BCUT2D eigenvalue weighted by molar-refractivity contribution is 6.01. The van der Waals surface area contributed by atoms with Gasteiger partial charge in [0.25, 0.3) is 0 Å². The van der Waals surface area contributed by atoms with E-state index in [1.54, 1.807) is 19.1 Å². The van der Waals surface area contributed by atoms with Crippen LogP contribution in [0.2, 0.25) is 0 Å². The molecular formula is C28H38O8. The van der Waals surface area contributed by atoms with Gasteiger partial charge in [0, 0.05) is 30.3 Å². The zero-order chi connectivity index (χ0) is 26.5. The van der Waals surface area contributed by atoms with Crippen LogP contribution in [0.25, 0.3) is 0 Å². The molecule has 0 amide bonds. The fourth-order valence-electron chi connectivity index (χ4n) is 8.13. The Hall–Kier alpha value is -2.32. The zero-order valence-corrected chi connectivity index (χ0v) is 21.9. The maximum Gasteiger partial charge on any atom is 0.333 e. The van der Waals surface area contributed by atoms with E-state index in [0.29, 0.717) is 12.8 Å². The van der Waals surface area contributed by atoms with Crippen LogP contribution < -0.4 is 0 Å². The Labute approximate surface area is 212 Å². The van der Waals surface area contributed by atoms with Crippen LogP contribution in [0.4, 0.5) is 0 Å². The normalized spacial score (nSPS) is 41.0. The van der Waals surface area contributed by atoms with E-state index >= 15 is 0 Å². The summed E-state index contributed by atoms with van der Waals surface area (Å²) in [7, 11) is 1.38. The summed E-state index contributed by atoms with van der Waals surface area (Å²) in [6.45, 7) is 7.00. The van der Waals surface area contributed by atoms with Crippen molar-refractivity contribution in [1.82, 2.24) is 0 Å². The highest BCUT2D eigenvalue weighted by Crippen LogP contribution is 2.68. The quantitative estimate of drug-likeness (QED) is 0.528. The van der Waals surface area contributed by atoms with Crippen LogP contribution in [-0.2, 0) is 33.4 Å². The van der Waals surface area contributed by atoms with Crippen LogP contribution in [0.5, 0.6) is 0 Å². The number of carbonyl (C=O) groups excluding carboxylic acids is 4. The van der Waals surface area contributed by atoms with Crippen LogP contribution in [0.3, 0.4) is 0 Å². The average Bonchev–Trinajstić information content (AvgIpc) is 3.10. The molecule has 0 heterocycles. The molecule has 0 bridgehead atoms. The molecule has 0 aromatic rings. The second-order valence-corrected chi connectivity index (χ2v) is 11.5. The fourth-order valence-corrected chi connectivity index (χ4v) is 8.13. The number of methoxy groups -OCH3 is 1. The maximum atomic E-state index is 13.7. The highest BCUT2D eigenvalue weighted by atomic mass is 16.6. The summed E-state index contributed by atoms with van der Waals surface area (Å²) in [5, 5.41) is 11.7. The topological polar surface area (TPSA) is 116 Å². The molecule has 4 aliphatic rings. The summed E-state index contributed by atoms with van der Waals surface area (Å²) in [4.78, 5) is 50.4. The predicted molar refractivity (Wildman–Crippen MR) is 130 cm³/mol. The lowest BCUT2D eigenvalue weighted by Crippen LogP contribution is -2.63. The second-order valence-electron chi connectivity index (χ2n) is 11.5. The van der Waals surface area contributed by atoms with Crippen LogP contribution in [0, 0.1) is 34.5 Å². The molecule has 0 spiro atoms. The van der Waals surface area contributed by atoms with E-state index in [4.69, 9.17) is 14.2 Å². The smallest absolute Gasteiger partial charge is 0.333 e. The summed E-state index contributed by atoms with van der Waals surface area (Å²) < 4.78 is 16.1. The molecule has 0 radical (unpaired) electrons. The molecule has 8 nitrogen and oxygen atoms in total. The molecule has 1 N–H and O–H groups in total. The lowest BCUT2D eigenvalue weighted by atomic mass is 9.44. The van der Waals surface area contributed by atoms with Gasteiger partial charge < -0.3 is 19.3 Å². The van der Waals surface area contributed by atoms with E-state index in [-0.39, 0.29) is 48.9 Å². The van der Waals surface area contributed by atoms with Crippen molar-refractivity contribution in [1.29, 1.82) is 0 Å². The molecule has 0 saturated heterocycles. The molecule has 8 atom stereocenters. The Bertz CT molecular complexity index is 1010. The van der Waals surface area contributed by atoms with Gasteiger partial charge in [-0.2, -0.15) is 0 Å². The number of hydrogen-bond donors (Lipinski definition) is 1. The molecule has 3 fully saturated rings. The summed E-state index contributed by atoms with van der Waals surface area (Å²) >= 11 is 0. The van der Waals surface area contributed by atoms with Gasteiger partial charge in [-0.05, 0) is 55.6 Å². The Morgan fingerprint density at radius 2 is 1.89 bits per heavy atom. The Kier molecular flexibility index (Phi) is 7.07. The van der Waals surface area contributed by atoms with Crippen molar-refractivity contribution in [3.05, 3.63) is 23.8 Å². The van der Waals surface area contributed by atoms with E-state index in [0.717, 1.165) is 12.0 Å². The summed E-state index contributed by atoms with van der Waals surface area (Å²) in [5.74, 6) is -1.58. The number of aliphatic hydroxyl groups excluding tert-OH is 1. The first-order chi connectivity index (χ1) is 16.9. The summed E-state index contributed by atoms with van der Waals surface area (Å²) in [6.07, 6.45) is 6.58. The molecular weight excluding hydrogens is 464 g/mol. The van der Waals surface area contributed by atoms with Gasteiger partial charge >= 0.3 is 11.9 Å². The largest absolute Gasteiger partial charge is 0.457 e. The van der Waals surface area contributed by atoms with Gasteiger partial charge in [0.15, 0.2) is 18.0 Å². The Morgan fingerprint density at radius 3 is 2.56 bits per heavy atom. The molecule has 3 saturated carbocycles. The number of fused-ring (bicyclic) bond motifs is 5. The van der Waals surface area contributed by atoms with Crippen molar-refractivity contribution in [2.24, 2.45) is 34.5 Å². The fraction of sp³-hybridized carbons (Fsp3) is 0.714. The third-order valence-electron chi connectivity index (χ3n) is 9.59. The van der Waals surface area contributed by atoms with Crippen molar-refractivity contribution in [2.45, 2.75) is 71.5 Å². The first kappa shape index (κ1) is 26.7. The zero-order valence-electron chi connectivity index (χ0n) is 21.9. The minimum atomic E-state index is -1.52. The molecule has 0 unspecified atom stereocenters.